The molecule has 4 nitrogen and oxygen atoms in total. The van der Waals surface area contributed by atoms with E-state index < -0.39 is 0 Å². The molecule has 1 aromatic heterocycles. The van der Waals surface area contributed by atoms with Crippen molar-refractivity contribution in [1.82, 2.24) is 5.32 Å². The van der Waals surface area contributed by atoms with Crippen LogP contribution in [0.5, 0.6) is 5.75 Å². The van der Waals surface area contributed by atoms with E-state index in [1.165, 1.54) is 18.4 Å². The largest absolute Gasteiger partial charge is 0.489 e. The summed E-state index contributed by atoms with van der Waals surface area (Å²) in [6.07, 6.45) is 2.29. The van der Waals surface area contributed by atoms with E-state index in [1.54, 1.807) is 6.07 Å². The first-order valence-electron chi connectivity index (χ1n) is 5.87. The Balaban J connectivity index is 1.67. The molecule has 0 amide bonds. The molecule has 0 unspecified atom stereocenters. The molecule has 1 N–H and O–H groups in total. The maximum Gasteiger partial charge on any atom is 0.351 e. The molecule has 1 saturated carbocycles. The van der Waals surface area contributed by atoms with Crippen molar-refractivity contribution in [3.8, 4) is 5.75 Å². The number of carbonyl (C=O) groups excluding carboxylic acids is 1. The molecule has 2 heterocycles. The van der Waals surface area contributed by atoms with Crippen molar-refractivity contribution in [2.75, 3.05) is 20.2 Å². The zero-order valence-corrected chi connectivity index (χ0v) is 11.6. The Hall–Kier alpha value is -0.780. The highest BCUT2D eigenvalue weighted by molar-refractivity contribution is 7.18. The molecule has 1 aliphatic carbocycles. The Morgan fingerprint density at radius 1 is 1.56 bits per heavy atom. The van der Waals surface area contributed by atoms with Gasteiger partial charge in [0.1, 0.15) is 11.9 Å². The van der Waals surface area contributed by atoms with Gasteiger partial charge in [0.05, 0.1) is 11.4 Å². The number of esters is 1. The molecule has 2 fully saturated rings. The zero-order valence-electron chi connectivity index (χ0n) is 9.99. The highest BCUT2D eigenvalue weighted by Gasteiger charge is 2.49. The fourth-order valence-corrected chi connectivity index (χ4v) is 3.67. The lowest BCUT2D eigenvalue weighted by atomic mass is 9.63. The van der Waals surface area contributed by atoms with Gasteiger partial charge in [-0.15, -0.1) is 11.3 Å². The minimum atomic E-state index is -0.388. The predicted octanol–water partition coefficient (Wildman–Crippen LogP) is 2.32. The average molecular weight is 288 g/mol. The third-order valence-corrected chi connectivity index (χ3v) is 4.88. The first-order chi connectivity index (χ1) is 8.62. The third-order valence-electron chi connectivity index (χ3n) is 3.65. The van der Waals surface area contributed by atoms with Gasteiger partial charge in [-0.2, -0.15) is 0 Å². The molecule has 2 aliphatic rings. The van der Waals surface area contributed by atoms with E-state index in [2.05, 4.69) is 5.32 Å². The molecule has 0 atom stereocenters. The normalized spacial score (nSPS) is 21.2. The summed E-state index contributed by atoms with van der Waals surface area (Å²) in [7, 11) is 1.36. The molecule has 1 aliphatic heterocycles. The summed E-state index contributed by atoms with van der Waals surface area (Å²) in [5.41, 5.74) is 0.454. The topological polar surface area (TPSA) is 47.6 Å². The molecule has 1 aromatic rings. The number of ether oxygens (including phenoxy) is 2. The number of carbonyl (C=O) groups is 1. The van der Waals surface area contributed by atoms with Crippen LogP contribution in [0.15, 0.2) is 6.07 Å². The Morgan fingerprint density at radius 2 is 2.28 bits per heavy atom. The van der Waals surface area contributed by atoms with Gasteiger partial charge in [-0.1, -0.05) is 11.6 Å². The molecule has 18 heavy (non-hydrogen) atoms. The van der Waals surface area contributed by atoms with Crippen molar-refractivity contribution in [2.45, 2.75) is 18.9 Å². The van der Waals surface area contributed by atoms with Gasteiger partial charge in [-0.25, -0.2) is 4.79 Å². The summed E-state index contributed by atoms with van der Waals surface area (Å²) in [5.74, 6) is 0.172. The van der Waals surface area contributed by atoms with Gasteiger partial charge in [0.15, 0.2) is 4.88 Å². The number of hydrogen-bond acceptors (Lipinski definition) is 5. The number of methoxy groups -OCH3 is 1. The van der Waals surface area contributed by atoms with Gasteiger partial charge in [0.2, 0.25) is 0 Å². The van der Waals surface area contributed by atoms with Crippen LogP contribution in [0.3, 0.4) is 0 Å². The highest BCUT2D eigenvalue weighted by Crippen LogP contribution is 2.47. The lowest BCUT2D eigenvalue weighted by Gasteiger charge is -2.53. The molecular formula is C12H14ClNO3S. The van der Waals surface area contributed by atoms with Gasteiger partial charge in [0.25, 0.3) is 0 Å². The summed E-state index contributed by atoms with van der Waals surface area (Å²) in [4.78, 5) is 12.0. The van der Waals surface area contributed by atoms with Crippen LogP contribution in [-0.4, -0.2) is 32.3 Å². The monoisotopic (exact) mass is 287 g/mol. The molecule has 1 spiro atoms. The van der Waals surface area contributed by atoms with Crippen LogP contribution in [0, 0.1) is 5.41 Å². The number of hydrogen-bond donors (Lipinski definition) is 1. The molecule has 1 saturated heterocycles. The minimum absolute atomic E-state index is 0.196. The van der Waals surface area contributed by atoms with Crippen LogP contribution >= 0.6 is 22.9 Å². The second-order valence-electron chi connectivity index (χ2n) is 4.99. The standard InChI is InChI=1S/C12H14ClNO3S/c1-16-11(15)10-8(2-9(13)18-10)17-7-3-12(4-7)5-14-6-12/h2,7,14H,3-6H2,1H3. The Labute approximate surface area is 114 Å². The van der Waals surface area contributed by atoms with Crippen molar-refractivity contribution < 1.29 is 14.3 Å². The van der Waals surface area contributed by atoms with Crippen molar-refractivity contribution >= 4 is 28.9 Å². The Bertz CT molecular complexity index is 476. The van der Waals surface area contributed by atoms with Gasteiger partial charge in [0, 0.05) is 24.6 Å². The van der Waals surface area contributed by atoms with Crippen molar-refractivity contribution in [3.05, 3.63) is 15.3 Å². The second-order valence-corrected chi connectivity index (χ2v) is 6.67. The van der Waals surface area contributed by atoms with Crippen LogP contribution < -0.4 is 10.1 Å². The number of nitrogens with one attached hydrogen (secondary N) is 1. The van der Waals surface area contributed by atoms with Crippen LogP contribution in [0.25, 0.3) is 0 Å². The van der Waals surface area contributed by atoms with Crippen LogP contribution in [0.2, 0.25) is 4.34 Å². The van der Waals surface area contributed by atoms with E-state index in [0.29, 0.717) is 20.4 Å². The highest BCUT2D eigenvalue weighted by atomic mass is 35.5. The molecule has 3 rings (SSSR count). The summed E-state index contributed by atoms with van der Waals surface area (Å²) in [5, 5.41) is 3.28. The van der Waals surface area contributed by atoms with Crippen LogP contribution in [0.4, 0.5) is 0 Å². The summed E-state index contributed by atoms with van der Waals surface area (Å²) in [6.45, 7) is 2.17. The van der Waals surface area contributed by atoms with E-state index >= 15 is 0 Å². The van der Waals surface area contributed by atoms with Gasteiger partial charge >= 0.3 is 5.97 Å². The summed E-state index contributed by atoms with van der Waals surface area (Å²) < 4.78 is 11.1. The fourth-order valence-electron chi connectivity index (χ4n) is 2.60. The molecule has 98 valence electrons. The zero-order chi connectivity index (χ0) is 12.8. The quantitative estimate of drug-likeness (QED) is 0.867. The number of halogens is 1. The number of rotatable bonds is 3. The summed E-state index contributed by atoms with van der Waals surface area (Å²) >= 11 is 7.12. The van der Waals surface area contributed by atoms with Crippen LogP contribution in [0.1, 0.15) is 22.5 Å². The lowest BCUT2D eigenvalue weighted by Crippen LogP contribution is -2.62. The minimum Gasteiger partial charge on any atom is -0.489 e. The lowest BCUT2D eigenvalue weighted by molar-refractivity contribution is -0.0496. The van der Waals surface area contributed by atoms with E-state index in [-0.39, 0.29) is 12.1 Å². The van der Waals surface area contributed by atoms with Gasteiger partial charge in [-0.05, 0) is 12.8 Å². The van der Waals surface area contributed by atoms with Crippen molar-refractivity contribution in [3.63, 3.8) is 0 Å². The third kappa shape index (κ3) is 2.00. The molecular weight excluding hydrogens is 274 g/mol. The van der Waals surface area contributed by atoms with E-state index in [0.717, 1.165) is 25.9 Å². The SMILES string of the molecule is COC(=O)c1sc(Cl)cc1OC1CC2(CNC2)C1. The van der Waals surface area contributed by atoms with Crippen LogP contribution in [-0.2, 0) is 4.74 Å². The van der Waals surface area contributed by atoms with Crippen molar-refractivity contribution in [1.29, 1.82) is 0 Å². The Morgan fingerprint density at radius 3 is 2.83 bits per heavy atom. The van der Waals surface area contributed by atoms with E-state index in [4.69, 9.17) is 21.1 Å². The molecule has 0 radical (unpaired) electrons. The second kappa shape index (κ2) is 4.40. The smallest absolute Gasteiger partial charge is 0.351 e. The first kappa shape index (κ1) is 12.3. The van der Waals surface area contributed by atoms with Gasteiger partial charge in [-0.3, -0.25) is 0 Å². The van der Waals surface area contributed by atoms with Gasteiger partial charge < -0.3 is 14.8 Å². The number of thiophene rings is 1. The predicted molar refractivity (Wildman–Crippen MR) is 69.6 cm³/mol. The van der Waals surface area contributed by atoms with E-state index in [9.17, 15) is 4.79 Å². The molecule has 0 bridgehead atoms. The Kier molecular flexibility index (Phi) is 3.00. The maximum absolute atomic E-state index is 11.6. The average Bonchev–Trinajstić information content (AvgIpc) is 2.60. The summed E-state index contributed by atoms with van der Waals surface area (Å²) in [6, 6.07) is 1.70. The molecule has 0 aromatic carbocycles. The maximum atomic E-state index is 11.6. The fraction of sp³-hybridized carbons (Fsp3) is 0.583. The molecule has 6 heteroatoms. The first-order valence-corrected chi connectivity index (χ1v) is 7.06. The van der Waals surface area contributed by atoms with E-state index in [1.807, 2.05) is 0 Å². The van der Waals surface area contributed by atoms with Crippen molar-refractivity contribution in [2.24, 2.45) is 5.41 Å².